The molecule has 0 spiro atoms. The second-order valence-corrected chi connectivity index (χ2v) is 5.95. The third-order valence-corrected chi connectivity index (χ3v) is 3.96. The average molecular weight is 378 g/mol. The molecule has 0 saturated heterocycles. The first kappa shape index (κ1) is 17.2. The fourth-order valence-corrected chi connectivity index (χ4v) is 2.19. The number of para-hydroxylation sites is 1. The van der Waals surface area contributed by atoms with E-state index >= 15 is 0 Å². The zero-order valence-corrected chi connectivity index (χ0v) is 14.9. The van der Waals surface area contributed by atoms with E-state index in [0.29, 0.717) is 27.5 Å². The number of rotatable bonds is 6. The minimum Gasteiger partial charge on any atom is -0.357 e. The molecule has 0 aliphatic heterocycles. The zero-order chi connectivity index (χ0) is 16.8. The number of carbonyl (C=O) groups is 1. The lowest BCUT2D eigenvalue weighted by Crippen LogP contribution is -2.32. The summed E-state index contributed by atoms with van der Waals surface area (Å²) in [4.78, 5) is 20.9. The average Bonchev–Trinajstić information content (AvgIpc) is 2.57. The van der Waals surface area contributed by atoms with Crippen molar-refractivity contribution in [3.63, 3.8) is 0 Å². The van der Waals surface area contributed by atoms with E-state index in [9.17, 15) is 4.79 Å². The van der Waals surface area contributed by atoms with Gasteiger partial charge in [0, 0.05) is 19.3 Å². The summed E-state index contributed by atoms with van der Waals surface area (Å²) in [6, 6.07) is 7.46. The second-order valence-electron chi connectivity index (χ2n) is 5.09. The molecular formula is C16H20BrN5O. The Balaban J connectivity index is 2.29. The summed E-state index contributed by atoms with van der Waals surface area (Å²) in [7, 11) is 1.75. The van der Waals surface area contributed by atoms with Crippen LogP contribution in [0.4, 0.5) is 17.5 Å². The van der Waals surface area contributed by atoms with Gasteiger partial charge in [-0.05, 0) is 41.4 Å². The highest BCUT2D eigenvalue weighted by molar-refractivity contribution is 9.10. The molecule has 0 bridgehead atoms. The normalized spacial score (nSPS) is 11.7. The molecule has 0 saturated carbocycles. The Morgan fingerprint density at radius 3 is 2.78 bits per heavy atom. The molecule has 1 heterocycles. The lowest BCUT2D eigenvalue weighted by atomic mass is 10.1. The van der Waals surface area contributed by atoms with E-state index in [-0.39, 0.29) is 11.9 Å². The Labute approximate surface area is 144 Å². The van der Waals surface area contributed by atoms with E-state index in [1.807, 2.05) is 32.0 Å². The molecule has 2 rings (SSSR count). The van der Waals surface area contributed by atoms with Crippen LogP contribution in [0.1, 0.15) is 30.6 Å². The van der Waals surface area contributed by atoms with E-state index < -0.39 is 0 Å². The predicted octanol–water partition coefficient (Wildman–Crippen LogP) is 3.55. The first-order chi connectivity index (χ1) is 11.0. The minimum atomic E-state index is -0.110. The van der Waals surface area contributed by atoms with Crippen molar-refractivity contribution in [2.24, 2.45) is 0 Å². The Morgan fingerprint density at radius 1 is 1.35 bits per heavy atom. The third kappa shape index (κ3) is 4.41. The molecule has 1 atom stereocenters. The number of carbonyl (C=O) groups excluding carboxylic acids is 1. The van der Waals surface area contributed by atoms with Gasteiger partial charge in [-0.25, -0.2) is 4.98 Å². The number of aromatic nitrogens is 2. The smallest absolute Gasteiger partial charge is 0.253 e. The van der Waals surface area contributed by atoms with E-state index in [2.05, 4.69) is 41.8 Å². The molecule has 1 aromatic carbocycles. The molecule has 6 nitrogen and oxygen atoms in total. The van der Waals surface area contributed by atoms with Gasteiger partial charge in [-0.15, -0.1) is 0 Å². The van der Waals surface area contributed by atoms with Crippen LogP contribution in [0.15, 0.2) is 34.9 Å². The highest BCUT2D eigenvalue weighted by atomic mass is 79.9. The zero-order valence-electron chi connectivity index (χ0n) is 13.4. The van der Waals surface area contributed by atoms with Crippen molar-refractivity contribution in [2.45, 2.75) is 26.3 Å². The SMILES string of the molecule is CCC(C)NC(=O)c1ccccc1Nc1nc(NC)ncc1Br. The molecule has 0 fully saturated rings. The summed E-state index contributed by atoms with van der Waals surface area (Å²) in [6.45, 7) is 4.01. The highest BCUT2D eigenvalue weighted by Gasteiger charge is 2.14. The van der Waals surface area contributed by atoms with Gasteiger partial charge in [-0.2, -0.15) is 4.98 Å². The predicted molar refractivity (Wildman–Crippen MR) is 96.2 cm³/mol. The van der Waals surface area contributed by atoms with Crippen molar-refractivity contribution in [3.8, 4) is 0 Å². The molecule has 2 aromatic rings. The maximum Gasteiger partial charge on any atom is 0.253 e. The molecule has 0 radical (unpaired) electrons. The highest BCUT2D eigenvalue weighted by Crippen LogP contribution is 2.26. The summed E-state index contributed by atoms with van der Waals surface area (Å²) in [5, 5.41) is 9.05. The summed E-state index contributed by atoms with van der Waals surface area (Å²) >= 11 is 3.41. The van der Waals surface area contributed by atoms with Crippen LogP contribution in [0.2, 0.25) is 0 Å². The van der Waals surface area contributed by atoms with Crippen LogP contribution in [-0.4, -0.2) is 29.0 Å². The van der Waals surface area contributed by atoms with Gasteiger partial charge in [0.15, 0.2) is 0 Å². The minimum absolute atomic E-state index is 0.110. The molecule has 3 N–H and O–H groups in total. The molecule has 1 unspecified atom stereocenters. The quantitative estimate of drug-likeness (QED) is 0.717. The van der Waals surface area contributed by atoms with Crippen LogP contribution in [-0.2, 0) is 0 Å². The van der Waals surface area contributed by atoms with Gasteiger partial charge in [0.05, 0.1) is 15.7 Å². The molecule has 23 heavy (non-hydrogen) atoms. The van der Waals surface area contributed by atoms with Gasteiger partial charge < -0.3 is 16.0 Å². The molecular weight excluding hydrogens is 358 g/mol. The lowest BCUT2D eigenvalue weighted by Gasteiger charge is -2.15. The number of anilines is 3. The lowest BCUT2D eigenvalue weighted by molar-refractivity contribution is 0.0940. The van der Waals surface area contributed by atoms with E-state index in [0.717, 1.165) is 6.42 Å². The molecule has 1 amide bonds. The van der Waals surface area contributed by atoms with Crippen LogP contribution < -0.4 is 16.0 Å². The Kier molecular flexibility index (Phi) is 5.92. The third-order valence-electron chi connectivity index (χ3n) is 3.38. The van der Waals surface area contributed by atoms with Gasteiger partial charge in [-0.3, -0.25) is 4.79 Å². The Hall–Kier alpha value is -2.15. The van der Waals surface area contributed by atoms with Crippen LogP contribution >= 0.6 is 15.9 Å². The van der Waals surface area contributed by atoms with Gasteiger partial charge in [-0.1, -0.05) is 19.1 Å². The maximum absolute atomic E-state index is 12.4. The van der Waals surface area contributed by atoms with Gasteiger partial charge >= 0.3 is 0 Å². The van der Waals surface area contributed by atoms with Crippen molar-refractivity contribution < 1.29 is 4.79 Å². The standard InChI is InChI=1S/C16H20BrN5O/c1-4-10(2)20-15(23)11-7-5-6-8-13(11)21-14-12(17)9-19-16(18-3)22-14/h5-10H,4H2,1-3H3,(H,20,23)(H2,18,19,21,22). The summed E-state index contributed by atoms with van der Waals surface area (Å²) in [5.41, 5.74) is 1.26. The number of benzene rings is 1. The van der Waals surface area contributed by atoms with Crippen LogP contribution in [0.3, 0.4) is 0 Å². The van der Waals surface area contributed by atoms with Gasteiger partial charge in [0.1, 0.15) is 5.82 Å². The number of amides is 1. The van der Waals surface area contributed by atoms with Crippen molar-refractivity contribution in [3.05, 3.63) is 40.5 Å². The van der Waals surface area contributed by atoms with Crippen LogP contribution in [0, 0.1) is 0 Å². The van der Waals surface area contributed by atoms with Crippen molar-refractivity contribution in [1.82, 2.24) is 15.3 Å². The molecule has 0 aliphatic carbocycles. The number of hydrogen-bond acceptors (Lipinski definition) is 5. The van der Waals surface area contributed by atoms with Crippen LogP contribution in [0.25, 0.3) is 0 Å². The number of nitrogens with one attached hydrogen (secondary N) is 3. The molecule has 0 aliphatic rings. The number of hydrogen-bond donors (Lipinski definition) is 3. The maximum atomic E-state index is 12.4. The van der Waals surface area contributed by atoms with E-state index in [4.69, 9.17) is 0 Å². The summed E-state index contributed by atoms with van der Waals surface area (Å²) in [5.74, 6) is 0.979. The Morgan fingerprint density at radius 2 is 2.09 bits per heavy atom. The van der Waals surface area contributed by atoms with Crippen molar-refractivity contribution in [1.29, 1.82) is 0 Å². The number of halogens is 1. The van der Waals surface area contributed by atoms with E-state index in [1.165, 1.54) is 0 Å². The summed E-state index contributed by atoms with van der Waals surface area (Å²) < 4.78 is 0.716. The molecule has 122 valence electrons. The largest absolute Gasteiger partial charge is 0.357 e. The first-order valence-electron chi connectivity index (χ1n) is 7.42. The molecule has 7 heteroatoms. The number of nitrogens with zero attached hydrogens (tertiary/aromatic N) is 2. The second kappa shape index (κ2) is 7.92. The summed E-state index contributed by atoms with van der Waals surface area (Å²) in [6.07, 6.45) is 2.54. The fourth-order valence-electron chi connectivity index (χ4n) is 1.90. The van der Waals surface area contributed by atoms with Gasteiger partial charge in [0.25, 0.3) is 5.91 Å². The first-order valence-corrected chi connectivity index (χ1v) is 8.21. The van der Waals surface area contributed by atoms with Gasteiger partial charge in [0.2, 0.25) is 5.95 Å². The Bertz CT molecular complexity index is 692. The van der Waals surface area contributed by atoms with Crippen LogP contribution in [0.5, 0.6) is 0 Å². The van der Waals surface area contributed by atoms with Crippen molar-refractivity contribution >= 4 is 39.3 Å². The van der Waals surface area contributed by atoms with E-state index in [1.54, 1.807) is 19.3 Å². The van der Waals surface area contributed by atoms with Crippen molar-refractivity contribution in [2.75, 3.05) is 17.7 Å². The topological polar surface area (TPSA) is 78.9 Å². The fraction of sp³-hybridized carbons (Fsp3) is 0.312. The monoisotopic (exact) mass is 377 g/mol. The molecule has 1 aromatic heterocycles.